The molecule has 126 valence electrons. The number of halogens is 1. The van der Waals surface area contributed by atoms with E-state index in [1.54, 1.807) is 6.20 Å². The molecule has 0 aliphatic heterocycles. The maximum Gasteiger partial charge on any atom is 0.163 e. The molecular formula is C17H20ClN5O. The SMILES string of the molecule is CCOCCNc1ncnc2c1cnn2CC(Cl)c1ccccc1. The van der Waals surface area contributed by atoms with Crippen LogP contribution in [0, 0.1) is 0 Å². The van der Waals surface area contributed by atoms with Gasteiger partial charge in [0, 0.05) is 13.2 Å². The summed E-state index contributed by atoms with van der Waals surface area (Å²) in [6.45, 7) is 4.54. The smallest absolute Gasteiger partial charge is 0.163 e. The Bertz CT molecular complexity index is 777. The van der Waals surface area contributed by atoms with Gasteiger partial charge in [0.1, 0.15) is 12.1 Å². The van der Waals surface area contributed by atoms with Crippen LogP contribution >= 0.6 is 11.6 Å². The van der Waals surface area contributed by atoms with Gasteiger partial charge in [0.25, 0.3) is 0 Å². The summed E-state index contributed by atoms with van der Waals surface area (Å²) < 4.78 is 7.14. The Morgan fingerprint density at radius 3 is 2.88 bits per heavy atom. The predicted octanol–water partition coefficient (Wildman–Crippen LogP) is 3.25. The number of aromatic nitrogens is 4. The molecule has 0 aliphatic rings. The lowest BCUT2D eigenvalue weighted by Gasteiger charge is -2.11. The third-order valence-electron chi connectivity index (χ3n) is 3.67. The predicted molar refractivity (Wildman–Crippen MR) is 95.3 cm³/mol. The summed E-state index contributed by atoms with van der Waals surface area (Å²) in [4.78, 5) is 8.64. The highest BCUT2D eigenvalue weighted by Gasteiger charge is 2.14. The molecule has 0 spiro atoms. The number of hydrogen-bond acceptors (Lipinski definition) is 5. The number of nitrogens with one attached hydrogen (secondary N) is 1. The molecule has 1 N–H and O–H groups in total. The molecule has 0 radical (unpaired) electrons. The van der Waals surface area contributed by atoms with Gasteiger partial charge in [-0.15, -0.1) is 11.6 Å². The van der Waals surface area contributed by atoms with E-state index < -0.39 is 0 Å². The average molecular weight is 346 g/mol. The lowest BCUT2D eigenvalue weighted by atomic mass is 10.1. The van der Waals surface area contributed by atoms with Gasteiger partial charge in [-0.25, -0.2) is 14.6 Å². The van der Waals surface area contributed by atoms with Gasteiger partial charge < -0.3 is 10.1 Å². The van der Waals surface area contributed by atoms with E-state index in [1.165, 1.54) is 6.33 Å². The molecule has 1 atom stereocenters. The van der Waals surface area contributed by atoms with Crippen molar-refractivity contribution in [3.63, 3.8) is 0 Å². The molecule has 0 amide bonds. The van der Waals surface area contributed by atoms with E-state index >= 15 is 0 Å². The van der Waals surface area contributed by atoms with Crippen molar-refractivity contribution in [2.75, 3.05) is 25.1 Å². The Balaban J connectivity index is 1.75. The maximum absolute atomic E-state index is 6.52. The number of fused-ring (bicyclic) bond motifs is 1. The first-order valence-electron chi connectivity index (χ1n) is 7.96. The van der Waals surface area contributed by atoms with E-state index in [1.807, 2.05) is 41.9 Å². The van der Waals surface area contributed by atoms with Crippen LogP contribution in [-0.2, 0) is 11.3 Å². The Morgan fingerprint density at radius 1 is 1.25 bits per heavy atom. The topological polar surface area (TPSA) is 64.9 Å². The average Bonchev–Trinajstić information content (AvgIpc) is 3.03. The second kappa shape index (κ2) is 8.08. The first-order valence-corrected chi connectivity index (χ1v) is 8.40. The summed E-state index contributed by atoms with van der Waals surface area (Å²) in [6, 6.07) is 9.96. The van der Waals surface area contributed by atoms with Crippen LogP contribution in [0.1, 0.15) is 17.9 Å². The van der Waals surface area contributed by atoms with Gasteiger partial charge in [-0.1, -0.05) is 30.3 Å². The molecule has 3 rings (SSSR count). The zero-order valence-electron chi connectivity index (χ0n) is 13.5. The van der Waals surface area contributed by atoms with Crippen LogP contribution in [0.4, 0.5) is 5.82 Å². The minimum Gasteiger partial charge on any atom is -0.380 e. The lowest BCUT2D eigenvalue weighted by Crippen LogP contribution is -2.11. The summed E-state index contributed by atoms with van der Waals surface area (Å²) in [6.07, 6.45) is 3.31. The van der Waals surface area contributed by atoms with E-state index in [2.05, 4.69) is 20.4 Å². The molecule has 7 heteroatoms. The minimum absolute atomic E-state index is 0.168. The quantitative estimate of drug-likeness (QED) is 0.501. The number of ether oxygens (including phenoxy) is 1. The van der Waals surface area contributed by atoms with Gasteiger partial charge in [-0.3, -0.25) is 0 Å². The van der Waals surface area contributed by atoms with Crippen LogP contribution in [0.3, 0.4) is 0 Å². The van der Waals surface area contributed by atoms with E-state index in [0.717, 1.165) is 22.4 Å². The summed E-state index contributed by atoms with van der Waals surface area (Å²) in [7, 11) is 0. The molecule has 0 bridgehead atoms. The first kappa shape index (κ1) is 16.7. The molecule has 24 heavy (non-hydrogen) atoms. The van der Waals surface area contributed by atoms with Gasteiger partial charge >= 0.3 is 0 Å². The first-order chi connectivity index (χ1) is 11.8. The number of hydrogen-bond donors (Lipinski definition) is 1. The Morgan fingerprint density at radius 2 is 2.08 bits per heavy atom. The number of nitrogens with zero attached hydrogens (tertiary/aromatic N) is 4. The van der Waals surface area contributed by atoms with Gasteiger partial charge in [0.2, 0.25) is 0 Å². The summed E-state index contributed by atoms with van der Waals surface area (Å²) in [5.74, 6) is 0.761. The molecule has 0 fully saturated rings. The Hall–Kier alpha value is -2.18. The molecule has 2 aromatic heterocycles. The highest BCUT2D eigenvalue weighted by atomic mass is 35.5. The highest BCUT2D eigenvalue weighted by Crippen LogP contribution is 2.25. The third kappa shape index (κ3) is 3.83. The fourth-order valence-corrected chi connectivity index (χ4v) is 2.75. The van der Waals surface area contributed by atoms with Gasteiger partial charge in [0.05, 0.1) is 30.1 Å². The molecule has 3 aromatic rings. The lowest BCUT2D eigenvalue weighted by molar-refractivity contribution is 0.158. The number of rotatable bonds is 8. The van der Waals surface area contributed by atoms with Crippen molar-refractivity contribution in [2.45, 2.75) is 18.8 Å². The largest absolute Gasteiger partial charge is 0.380 e. The van der Waals surface area contributed by atoms with Crippen LogP contribution in [0.15, 0.2) is 42.9 Å². The van der Waals surface area contributed by atoms with E-state index in [0.29, 0.717) is 26.3 Å². The third-order valence-corrected chi connectivity index (χ3v) is 4.06. The van der Waals surface area contributed by atoms with E-state index in [4.69, 9.17) is 16.3 Å². The molecule has 1 aromatic carbocycles. The monoisotopic (exact) mass is 345 g/mol. The van der Waals surface area contributed by atoms with E-state index in [-0.39, 0.29) is 5.38 Å². The van der Waals surface area contributed by atoms with Crippen molar-refractivity contribution in [2.24, 2.45) is 0 Å². The normalized spacial score (nSPS) is 12.4. The molecular weight excluding hydrogens is 326 g/mol. The van der Waals surface area contributed by atoms with Crippen molar-refractivity contribution in [1.82, 2.24) is 19.7 Å². The molecule has 2 heterocycles. The van der Waals surface area contributed by atoms with Crippen molar-refractivity contribution in [1.29, 1.82) is 0 Å². The van der Waals surface area contributed by atoms with Crippen LogP contribution in [0.25, 0.3) is 11.0 Å². The fourth-order valence-electron chi connectivity index (χ4n) is 2.47. The summed E-state index contributed by atoms with van der Waals surface area (Å²) in [5, 5.41) is 8.40. The highest BCUT2D eigenvalue weighted by molar-refractivity contribution is 6.20. The maximum atomic E-state index is 6.52. The Labute approximate surface area is 145 Å². The Kier molecular flexibility index (Phi) is 5.61. The number of alkyl halides is 1. The second-order valence-corrected chi connectivity index (χ2v) is 5.81. The van der Waals surface area contributed by atoms with Crippen molar-refractivity contribution in [3.8, 4) is 0 Å². The molecule has 0 saturated heterocycles. The summed E-state index contributed by atoms with van der Waals surface area (Å²) in [5.41, 5.74) is 1.83. The van der Waals surface area contributed by atoms with Crippen LogP contribution in [0.2, 0.25) is 0 Å². The molecule has 6 nitrogen and oxygen atoms in total. The van der Waals surface area contributed by atoms with Crippen molar-refractivity contribution in [3.05, 3.63) is 48.4 Å². The van der Waals surface area contributed by atoms with Crippen LogP contribution in [-0.4, -0.2) is 39.5 Å². The fraction of sp³-hybridized carbons (Fsp3) is 0.353. The summed E-state index contributed by atoms with van der Waals surface area (Å²) >= 11 is 6.52. The second-order valence-electron chi connectivity index (χ2n) is 5.29. The molecule has 0 saturated carbocycles. The zero-order chi connectivity index (χ0) is 16.8. The number of anilines is 1. The van der Waals surface area contributed by atoms with Crippen LogP contribution in [0.5, 0.6) is 0 Å². The van der Waals surface area contributed by atoms with E-state index in [9.17, 15) is 0 Å². The van der Waals surface area contributed by atoms with Gasteiger partial charge in [-0.05, 0) is 12.5 Å². The van der Waals surface area contributed by atoms with Crippen molar-refractivity contribution >= 4 is 28.5 Å². The zero-order valence-corrected chi connectivity index (χ0v) is 14.3. The standard InChI is InChI=1S/C17H20ClN5O/c1-2-24-9-8-19-16-14-10-22-23(17(14)21-12-20-16)11-15(18)13-6-4-3-5-7-13/h3-7,10,12,15H,2,8-9,11H2,1H3,(H,19,20,21). The van der Waals surface area contributed by atoms with Crippen molar-refractivity contribution < 1.29 is 4.74 Å². The molecule has 1 unspecified atom stereocenters. The van der Waals surface area contributed by atoms with Gasteiger partial charge in [-0.2, -0.15) is 5.10 Å². The van der Waals surface area contributed by atoms with Crippen LogP contribution < -0.4 is 5.32 Å². The minimum atomic E-state index is -0.168. The molecule has 0 aliphatic carbocycles. The van der Waals surface area contributed by atoms with Gasteiger partial charge in [0.15, 0.2) is 5.65 Å². The number of benzene rings is 1.